The van der Waals surface area contributed by atoms with Gasteiger partial charge < -0.3 is 26.2 Å². The lowest BCUT2D eigenvalue weighted by atomic mass is 9.87. The highest BCUT2D eigenvalue weighted by Crippen LogP contribution is 2.31. The van der Waals surface area contributed by atoms with Crippen molar-refractivity contribution < 1.29 is 9.59 Å². The van der Waals surface area contributed by atoms with Gasteiger partial charge in [0.05, 0.1) is 29.2 Å². The fourth-order valence-electron chi connectivity index (χ4n) is 3.90. The second-order valence-electron chi connectivity index (χ2n) is 7.87. The molecule has 2 fully saturated rings. The molecule has 3 rings (SSSR count). The van der Waals surface area contributed by atoms with Crippen molar-refractivity contribution in [2.24, 2.45) is 5.92 Å². The largest absolute Gasteiger partial charge is 0.397 e. The van der Waals surface area contributed by atoms with E-state index in [0.29, 0.717) is 24.3 Å². The molecule has 0 unspecified atom stereocenters. The number of carbonyl (C=O) groups is 2. The maximum Gasteiger partial charge on any atom is 0.253 e. The molecule has 0 aromatic heterocycles. The summed E-state index contributed by atoms with van der Waals surface area (Å²) in [6.07, 6.45) is 4.32. The molecule has 0 radical (unpaired) electrons. The van der Waals surface area contributed by atoms with Crippen LogP contribution in [0.2, 0.25) is 0 Å². The number of nitrogens with zero attached hydrogens (tertiary/aromatic N) is 2. The molecule has 2 amide bonds. The molecule has 1 aromatic rings. The molecule has 1 heterocycles. The lowest BCUT2D eigenvalue weighted by molar-refractivity contribution is -0.129. The molecule has 0 spiro atoms. The molecule has 1 aliphatic carbocycles. The topological polar surface area (TPSA) is 90.7 Å². The van der Waals surface area contributed by atoms with Gasteiger partial charge in [0.25, 0.3) is 5.91 Å². The lowest BCUT2D eigenvalue weighted by Gasteiger charge is -2.35. The van der Waals surface area contributed by atoms with Crippen LogP contribution in [0, 0.1) is 5.92 Å². The van der Waals surface area contributed by atoms with Gasteiger partial charge in [-0.15, -0.1) is 0 Å². The molecule has 0 bridgehead atoms. The highest BCUT2D eigenvalue weighted by molar-refractivity contribution is 6.03. The summed E-state index contributed by atoms with van der Waals surface area (Å²) >= 11 is 0. The van der Waals surface area contributed by atoms with E-state index in [0.717, 1.165) is 43.0 Å². The van der Waals surface area contributed by atoms with E-state index in [4.69, 9.17) is 5.73 Å². The van der Waals surface area contributed by atoms with E-state index in [9.17, 15) is 9.59 Å². The molecule has 27 heavy (non-hydrogen) atoms. The van der Waals surface area contributed by atoms with Crippen LogP contribution in [-0.2, 0) is 4.79 Å². The summed E-state index contributed by atoms with van der Waals surface area (Å²) in [7, 11) is 3.60. The molecule has 4 N–H and O–H groups in total. The van der Waals surface area contributed by atoms with Crippen molar-refractivity contribution in [1.29, 1.82) is 0 Å². The number of rotatable bonds is 4. The molecule has 148 valence electrons. The zero-order valence-electron chi connectivity index (χ0n) is 16.5. The summed E-state index contributed by atoms with van der Waals surface area (Å²) in [5, 5.41) is 6.25. The maximum absolute atomic E-state index is 13.0. The Kier molecular flexibility index (Phi) is 5.77. The zero-order chi connectivity index (χ0) is 19.6. The molecule has 1 aromatic carbocycles. The van der Waals surface area contributed by atoms with Crippen LogP contribution < -0.4 is 21.3 Å². The fourth-order valence-corrected chi connectivity index (χ4v) is 3.90. The second-order valence-corrected chi connectivity index (χ2v) is 7.87. The number of nitrogens with two attached hydrogens (primary N) is 1. The van der Waals surface area contributed by atoms with Crippen molar-refractivity contribution in [3.63, 3.8) is 0 Å². The van der Waals surface area contributed by atoms with E-state index in [-0.39, 0.29) is 24.4 Å². The van der Waals surface area contributed by atoms with Crippen LogP contribution in [0.25, 0.3) is 0 Å². The van der Waals surface area contributed by atoms with E-state index < -0.39 is 0 Å². The Balaban J connectivity index is 1.85. The number of amides is 2. The molecule has 1 aliphatic heterocycles. The highest BCUT2D eigenvalue weighted by Gasteiger charge is 2.27. The van der Waals surface area contributed by atoms with Gasteiger partial charge in [-0.3, -0.25) is 9.59 Å². The zero-order valence-corrected chi connectivity index (χ0v) is 16.5. The van der Waals surface area contributed by atoms with Crippen molar-refractivity contribution in [3.8, 4) is 0 Å². The Bertz CT molecular complexity index is 713. The SMILES string of the molecule is CNc1cc(N2CCN(C)C(=O)C2)c(C(=O)N[C@H]2CC[C@H](C)CC2)cc1N. The van der Waals surface area contributed by atoms with E-state index in [1.54, 1.807) is 25.1 Å². The van der Waals surface area contributed by atoms with E-state index in [2.05, 4.69) is 17.6 Å². The first kappa shape index (κ1) is 19.3. The fraction of sp³-hybridized carbons (Fsp3) is 0.600. The number of hydrogen-bond acceptors (Lipinski definition) is 5. The first-order valence-corrected chi connectivity index (χ1v) is 9.80. The summed E-state index contributed by atoms with van der Waals surface area (Å²) < 4.78 is 0. The standard InChI is InChI=1S/C20H31N5O2/c1-13-4-6-14(7-5-13)23-20(27)15-10-16(21)17(22-2)11-18(15)25-9-8-24(3)19(26)12-25/h10-11,13-14,22H,4-9,12,21H2,1-3H3,(H,23,27)/t13-,14-. The number of nitrogens with one attached hydrogen (secondary N) is 2. The first-order chi connectivity index (χ1) is 12.9. The predicted molar refractivity (Wildman–Crippen MR) is 109 cm³/mol. The van der Waals surface area contributed by atoms with Gasteiger partial charge in [-0.1, -0.05) is 6.92 Å². The number of anilines is 3. The average molecular weight is 374 g/mol. The number of hydrogen-bond donors (Lipinski definition) is 3. The third-order valence-electron chi connectivity index (χ3n) is 5.83. The Labute approximate surface area is 161 Å². The van der Waals surface area contributed by atoms with Crippen LogP contribution in [0.5, 0.6) is 0 Å². The minimum atomic E-state index is -0.106. The van der Waals surface area contributed by atoms with Crippen molar-refractivity contribution in [2.75, 3.05) is 49.7 Å². The number of likely N-dealkylation sites (N-methyl/N-ethyl adjacent to an activating group) is 1. The number of benzene rings is 1. The van der Waals surface area contributed by atoms with Crippen LogP contribution in [0.4, 0.5) is 17.1 Å². The monoisotopic (exact) mass is 373 g/mol. The summed E-state index contributed by atoms with van der Waals surface area (Å²) in [4.78, 5) is 28.9. The van der Waals surface area contributed by atoms with Gasteiger partial charge in [-0.2, -0.15) is 0 Å². The third-order valence-corrected chi connectivity index (χ3v) is 5.83. The molecular weight excluding hydrogens is 342 g/mol. The Morgan fingerprint density at radius 2 is 1.89 bits per heavy atom. The van der Waals surface area contributed by atoms with Gasteiger partial charge >= 0.3 is 0 Å². The maximum atomic E-state index is 13.0. The van der Waals surface area contributed by atoms with Gasteiger partial charge in [0.2, 0.25) is 5.91 Å². The van der Waals surface area contributed by atoms with E-state index in [1.165, 1.54) is 0 Å². The normalized spacial score (nSPS) is 23.3. The molecule has 1 saturated carbocycles. The van der Waals surface area contributed by atoms with Crippen LogP contribution in [0.15, 0.2) is 12.1 Å². The number of piperazine rings is 1. The lowest BCUT2D eigenvalue weighted by Crippen LogP contribution is -2.49. The third kappa shape index (κ3) is 4.28. The van der Waals surface area contributed by atoms with Crippen LogP contribution in [0.3, 0.4) is 0 Å². The Morgan fingerprint density at radius 3 is 2.52 bits per heavy atom. The van der Waals surface area contributed by atoms with E-state index in [1.807, 2.05) is 11.0 Å². The smallest absolute Gasteiger partial charge is 0.253 e. The molecule has 0 atom stereocenters. The second kappa shape index (κ2) is 8.06. The molecule has 7 heteroatoms. The molecular formula is C20H31N5O2. The summed E-state index contributed by atoms with van der Waals surface area (Å²) in [5.41, 5.74) is 8.73. The van der Waals surface area contributed by atoms with Crippen molar-refractivity contribution >= 4 is 28.9 Å². The van der Waals surface area contributed by atoms with Gasteiger partial charge in [-0.05, 0) is 43.7 Å². The Morgan fingerprint density at radius 1 is 1.19 bits per heavy atom. The average Bonchev–Trinajstić information content (AvgIpc) is 2.65. The summed E-state index contributed by atoms with van der Waals surface area (Å²) in [6, 6.07) is 3.82. The minimum Gasteiger partial charge on any atom is -0.397 e. The Hall–Kier alpha value is -2.44. The van der Waals surface area contributed by atoms with Gasteiger partial charge in [0, 0.05) is 33.2 Å². The van der Waals surface area contributed by atoms with Crippen molar-refractivity contribution in [1.82, 2.24) is 10.2 Å². The molecule has 1 saturated heterocycles. The molecule has 7 nitrogen and oxygen atoms in total. The van der Waals surface area contributed by atoms with E-state index >= 15 is 0 Å². The van der Waals surface area contributed by atoms with Gasteiger partial charge in [-0.25, -0.2) is 0 Å². The van der Waals surface area contributed by atoms with Crippen LogP contribution in [-0.4, -0.2) is 56.5 Å². The van der Waals surface area contributed by atoms with Crippen LogP contribution in [0.1, 0.15) is 43.0 Å². The van der Waals surface area contributed by atoms with Crippen molar-refractivity contribution in [2.45, 2.75) is 38.6 Å². The predicted octanol–water partition coefficient (Wildman–Crippen LogP) is 1.90. The number of nitrogen functional groups attached to an aromatic ring is 1. The van der Waals surface area contributed by atoms with Crippen LogP contribution >= 0.6 is 0 Å². The quantitative estimate of drug-likeness (QED) is 0.701. The highest BCUT2D eigenvalue weighted by atomic mass is 16.2. The summed E-state index contributed by atoms with van der Waals surface area (Å²) in [5.74, 6) is 0.678. The molecule has 2 aliphatic rings. The first-order valence-electron chi connectivity index (χ1n) is 9.80. The van der Waals surface area contributed by atoms with Crippen molar-refractivity contribution in [3.05, 3.63) is 17.7 Å². The number of carbonyl (C=O) groups excluding carboxylic acids is 2. The van der Waals surface area contributed by atoms with Gasteiger partial charge in [0.1, 0.15) is 0 Å². The minimum absolute atomic E-state index is 0.0525. The van der Waals surface area contributed by atoms with Gasteiger partial charge in [0.15, 0.2) is 0 Å². The summed E-state index contributed by atoms with van der Waals surface area (Å²) in [6.45, 7) is 3.86.